The fraction of sp³-hybridized carbons (Fsp3) is 0.323. The minimum atomic E-state index is -2.91. The Morgan fingerprint density at radius 1 is 1.12 bits per heavy atom. The van der Waals surface area contributed by atoms with E-state index in [1.165, 1.54) is 46.3 Å². The number of carbonyl (C=O) groups excluding carboxylic acids is 3. The van der Waals surface area contributed by atoms with Crippen molar-refractivity contribution < 1.29 is 27.6 Å². The molecule has 2 aromatic carbocycles. The minimum absolute atomic E-state index is 0.00930. The van der Waals surface area contributed by atoms with Crippen molar-refractivity contribution in [3.63, 3.8) is 0 Å². The Bertz CT molecular complexity index is 1690. The number of nitrogens with one attached hydrogen (secondary N) is 1. The number of anilines is 2. The fourth-order valence-corrected chi connectivity index (χ4v) is 6.67. The number of amides is 3. The van der Waals surface area contributed by atoms with E-state index < -0.39 is 59.9 Å². The third kappa shape index (κ3) is 4.89. The lowest BCUT2D eigenvalue weighted by Crippen LogP contribution is -2.64. The summed E-state index contributed by atoms with van der Waals surface area (Å²) in [5.74, 6) is -5.30. The van der Waals surface area contributed by atoms with Crippen molar-refractivity contribution >= 4 is 40.8 Å². The van der Waals surface area contributed by atoms with Gasteiger partial charge in [0.1, 0.15) is 17.7 Å². The zero-order valence-electron chi connectivity index (χ0n) is 22.7. The number of carbonyl (C=O) groups is 3. The van der Waals surface area contributed by atoms with Crippen LogP contribution < -0.4 is 15.1 Å². The monoisotopic (exact) mass is 607 g/mol. The Hall–Kier alpha value is -4.43. The number of nitriles is 1. The quantitative estimate of drug-likeness (QED) is 0.423. The van der Waals surface area contributed by atoms with Gasteiger partial charge in [-0.3, -0.25) is 24.2 Å². The first-order valence-electron chi connectivity index (χ1n) is 13.8. The number of hydrogen-bond acceptors (Lipinski definition) is 5. The summed E-state index contributed by atoms with van der Waals surface area (Å²) in [4.78, 5) is 48.9. The Labute approximate surface area is 250 Å². The normalized spacial score (nSPS) is 22.4. The summed E-state index contributed by atoms with van der Waals surface area (Å²) in [5, 5.41) is 12.5. The lowest BCUT2D eigenvalue weighted by Gasteiger charge is -2.45. The first-order valence-corrected chi connectivity index (χ1v) is 14.2. The third-order valence-electron chi connectivity index (χ3n) is 8.39. The van der Waals surface area contributed by atoms with Crippen molar-refractivity contribution in [3.05, 3.63) is 88.3 Å². The van der Waals surface area contributed by atoms with Crippen molar-refractivity contribution in [3.8, 4) is 6.07 Å². The third-order valence-corrected chi connectivity index (χ3v) is 8.74. The maximum absolute atomic E-state index is 14.8. The average molecular weight is 608 g/mol. The molecule has 1 saturated heterocycles. The van der Waals surface area contributed by atoms with Crippen molar-refractivity contribution in [1.82, 2.24) is 10.3 Å². The molecule has 2 heterocycles. The van der Waals surface area contributed by atoms with E-state index in [4.69, 9.17) is 11.6 Å². The molecule has 3 aliphatic rings. The summed E-state index contributed by atoms with van der Waals surface area (Å²) >= 11 is 6.53. The number of halogens is 4. The van der Waals surface area contributed by atoms with Crippen LogP contribution in [-0.2, 0) is 26.3 Å². The standard InChI is InChI=1S/C31H25ClF3N5O3/c32-24-6-2-5-23-22(24)9-11-31(23,29(43)38-20-15-30(34,35)16-20)40(21-4-1-3-19(33)14-21)28(42)25-7-8-27(41)39(25)26-13-18(17-36)10-12-37-26/h1-6,10,12-14,20,25H,7-9,11,15-16H2,(H,38,43)/t25-,31+/m0/s1. The van der Waals surface area contributed by atoms with Crippen LogP contribution in [0.4, 0.5) is 24.7 Å². The van der Waals surface area contributed by atoms with Crippen LogP contribution in [0.3, 0.4) is 0 Å². The van der Waals surface area contributed by atoms with Crippen LogP contribution in [-0.4, -0.2) is 40.7 Å². The Morgan fingerprint density at radius 2 is 1.88 bits per heavy atom. The number of benzene rings is 2. The molecular weight excluding hydrogens is 583 g/mol. The molecule has 43 heavy (non-hydrogen) atoms. The van der Waals surface area contributed by atoms with Gasteiger partial charge in [0.05, 0.1) is 11.6 Å². The van der Waals surface area contributed by atoms with Crippen molar-refractivity contribution in [1.29, 1.82) is 5.26 Å². The van der Waals surface area contributed by atoms with Gasteiger partial charge < -0.3 is 5.32 Å². The molecule has 2 aliphatic carbocycles. The zero-order valence-corrected chi connectivity index (χ0v) is 23.5. The Balaban J connectivity index is 1.51. The molecule has 8 nitrogen and oxygen atoms in total. The van der Waals surface area contributed by atoms with Gasteiger partial charge in [0.15, 0.2) is 5.54 Å². The van der Waals surface area contributed by atoms with Crippen LogP contribution in [0.25, 0.3) is 0 Å². The molecular formula is C31H25ClF3N5O3. The molecule has 1 saturated carbocycles. The van der Waals surface area contributed by atoms with Gasteiger partial charge in [-0.05, 0) is 66.8 Å². The highest BCUT2D eigenvalue weighted by Crippen LogP contribution is 2.48. The van der Waals surface area contributed by atoms with Crippen LogP contribution in [0.5, 0.6) is 0 Å². The first-order chi connectivity index (χ1) is 20.5. The molecule has 6 rings (SSSR count). The summed E-state index contributed by atoms with van der Waals surface area (Å²) in [5.41, 5.74) is -0.526. The van der Waals surface area contributed by atoms with Gasteiger partial charge in [-0.2, -0.15) is 5.26 Å². The maximum Gasteiger partial charge on any atom is 0.252 e. The van der Waals surface area contributed by atoms with Crippen LogP contribution in [0, 0.1) is 17.1 Å². The zero-order chi connectivity index (χ0) is 30.5. The van der Waals surface area contributed by atoms with Crippen molar-refractivity contribution in [2.24, 2.45) is 0 Å². The van der Waals surface area contributed by atoms with E-state index >= 15 is 0 Å². The van der Waals surface area contributed by atoms with Crippen LogP contribution in [0.2, 0.25) is 5.02 Å². The Morgan fingerprint density at radius 3 is 2.60 bits per heavy atom. The highest BCUT2D eigenvalue weighted by molar-refractivity contribution is 6.31. The SMILES string of the molecule is N#Cc1ccnc(N2C(=O)CC[C@H]2C(=O)N(c2cccc(F)c2)[C@]2(C(=O)NC3CC(F)(F)C3)CCc3c(Cl)cccc32)c1. The molecule has 0 unspecified atom stereocenters. The van der Waals surface area contributed by atoms with Gasteiger partial charge in [-0.1, -0.05) is 29.8 Å². The van der Waals surface area contributed by atoms with Gasteiger partial charge >= 0.3 is 0 Å². The molecule has 12 heteroatoms. The van der Waals surface area contributed by atoms with E-state index in [-0.39, 0.29) is 42.8 Å². The lowest BCUT2D eigenvalue weighted by atomic mass is 9.83. The molecule has 2 atom stereocenters. The molecule has 220 valence electrons. The molecule has 3 aromatic rings. The fourth-order valence-electron chi connectivity index (χ4n) is 6.40. The van der Waals surface area contributed by atoms with Gasteiger partial charge in [0.2, 0.25) is 5.91 Å². The second-order valence-corrected chi connectivity index (χ2v) is 11.5. The summed E-state index contributed by atoms with van der Waals surface area (Å²) in [6.45, 7) is 0. The minimum Gasteiger partial charge on any atom is -0.351 e. The van der Waals surface area contributed by atoms with E-state index in [1.54, 1.807) is 18.2 Å². The molecule has 0 bridgehead atoms. The topological polar surface area (TPSA) is 106 Å². The molecule has 3 amide bonds. The van der Waals surface area contributed by atoms with E-state index in [9.17, 15) is 32.8 Å². The summed E-state index contributed by atoms with van der Waals surface area (Å²) in [6, 6.07) is 13.0. The van der Waals surface area contributed by atoms with Gasteiger partial charge in [-0.25, -0.2) is 18.2 Å². The molecule has 0 spiro atoms. The molecule has 1 N–H and O–H groups in total. The number of aromatic nitrogens is 1. The van der Waals surface area contributed by atoms with Gasteiger partial charge in [0, 0.05) is 42.2 Å². The summed E-state index contributed by atoms with van der Waals surface area (Å²) in [7, 11) is 0. The van der Waals surface area contributed by atoms with Crippen LogP contribution >= 0.6 is 11.6 Å². The maximum atomic E-state index is 14.8. The number of alkyl halides is 2. The van der Waals surface area contributed by atoms with E-state index in [1.807, 2.05) is 6.07 Å². The van der Waals surface area contributed by atoms with E-state index in [0.717, 1.165) is 6.07 Å². The van der Waals surface area contributed by atoms with Crippen LogP contribution in [0.15, 0.2) is 60.8 Å². The predicted molar refractivity (Wildman–Crippen MR) is 151 cm³/mol. The largest absolute Gasteiger partial charge is 0.351 e. The van der Waals surface area contributed by atoms with E-state index in [2.05, 4.69) is 10.3 Å². The predicted octanol–water partition coefficient (Wildman–Crippen LogP) is 5.03. The number of hydrogen-bond donors (Lipinski definition) is 1. The smallest absolute Gasteiger partial charge is 0.252 e. The lowest BCUT2D eigenvalue weighted by molar-refractivity contribution is -0.137. The Kier molecular flexibility index (Phi) is 7.13. The van der Waals surface area contributed by atoms with Crippen molar-refractivity contribution in [2.45, 2.75) is 62.1 Å². The van der Waals surface area contributed by atoms with Crippen LogP contribution in [0.1, 0.15) is 48.8 Å². The first kappa shape index (κ1) is 28.7. The highest BCUT2D eigenvalue weighted by atomic mass is 35.5. The molecule has 1 aromatic heterocycles. The van der Waals surface area contributed by atoms with E-state index in [0.29, 0.717) is 16.1 Å². The van der Waals surface area contributed by atoms with Gasteiger partial charge in [0.25, 0.3) is 17.7 Å². The highest BCUT2D eigenvalue weighted by Gasteiger charge is 2.57. The van der Waals surface area contributed by atoms with Gasteiger partial charge in [-0.15, -0.1) is 0 Å². The molecule has 0 radical (unpaired) electrons. The average Bonchev–Trinajstić information content (AvgIpc) is 3.54. The number of fused-ring (bicyclic) bond motifs is 1. The molecule has 2 fully saturated rings. The number of nitrogens with zero attached hydrogens (tertiary/aromatic N) is 4. The number of rotatable bonds is 6. The summed E-state index contributed by atoms with van der Waals surface area (Å²) < 4.78 is 42.3. The second-order valence-electron chi connectivity index (χ2n) is 11.0. The summed E-state index contributed by atoms with van der Waals surface area (Å²) in [6.07, 6.45) is 0.632. The molecule has 1 aliphatic heterocycles. The second kappa shape index (κ2) is 10.7. The van der Waals surface area contributed by atoms with Crippen molar-refractivity contribution in [2.75, 3.05) is 9.80 Å². The number of pyridine rings is 1.